The van der Waals surface area contributed by atoms with Gasteiger partial charge < -0.3 is 10.5 Å². The summed E-state index contributed by atoms with van der Waals surface area (Å²) >= 11 is 0. The molecule has 3 aromatic rings. The summed E-state index contributed by atoms with van der Waals surface area (Å²) in [5, 5.41) is 0. The molecule has 4 nitrogen and oxygen atoms in total. The fraction of sp³-hybridized carbons (Fsp3) is 0.143. The third-order valence-corrected chi connectivity index (χ3v) is 4.64. The number of anilines is 1. The van der Waals surface area contributed by atoms with Crippen molar-refractivity contribution in [3.05, 3.63) is 71.2 Å². The van der Waals surface area contributed by atoms with E-state index in [0.717, 1.165) is 22.3 Å². The molecular formula is C21H18FN3O. The Morgan fingerprint density at radius 1 is 1.08 bits per heavy atom. The van der Waals surface area contributed by atoms with Crippen molar-refractivity contribution in [2.75, 3.05) is 12.8 Å². The monoisotopic (exact) mass is 347 g/mol. The smallest absolute Gasteiger partial charge is 0.155 e. The molecule has 0 saturated carbocycles. The summed E-state index contributed by atoms with van der Waals surface area (Å²) in [4.78, 5) is 8.91. The molecule has 4 rings (SSSR count). The van der Waals surface area contributed by atoms with E-state index in [-0.39, 0.29) is 11.7 Å². The first-order valence-corrected chi connectivity index (χ1v) is 8.31. The van der Waals surface area contributed by atoms with E-state index in [0.29, 0.717) is 22.8 Å². The minimum absolute atomic E-state index is 0.132. The van der Waals surface area contributed by atoms with Gasteiger partial charge in [-0.25, -0.2) is 14.4 Å². The van der Waals surface area contributed by atoms with Crippen LogP contribution in [0.2, 0.25) is 0 Å². The van der Waals surface area contributed by atoms with Crippen LogP contribution in [0, 0.1) is 12.7 Å². The summed E-state index contributed by atoms with van der Waals surface area (Å²) in [5.74, 6) is 0.763. The number of fused-ring (bicyclic) bond motifs is 1. The van der Waals surface area contributed by atoms with Crippen LogP contribution in [0.15, 0.2) is 53.7 Å². The van der Waals surface area contributed by atoms with Gasteiger partial charge in [-0.05, 0) is 42.3 Å². The Morgan fingerprint density at radius 3 is 2.69 bits per heavy atom. The first-order valence-electron chi connectivity index (χ1n) is 8.31. The van der Waals surface area contributed by atoms with Crippen molar-refractivity contribution in [3.63, 3.8) is 0 Å². The number of nitrogen functional groups attached to an aromatic ring is 1. The third-order valence-electron chi connectivity index (χ3n) is 4.64. The highest BCUT2D eigenvalue weighted by Crippen LogP contribution is 2.41. The number of nitrogens with zero attached hydrogens (tertiary/aromatic N) is 2. The van der Waals surface area contributed by atoms with E-state index in [1.54, 1.807) is 20.2 Å². The standard InChI is InChI=1S/C21H18FN3O/c1-12-6-16(20(26-2)9-19(12)22)18-11-25-21-17(18)8-14(10-24-21)13-4-3-5-15(23)7-13/h3-11,18H,23H2,1-2H3. The fourth-order valence-corrected chi connectivity index (χ4v) is 3.27. The highest BCUT2D eigenvalue weighted by atomic mass is 19.1. The lowest BCUT2D eigenvalue weighted by Crippen LogP contribution is -2.04. The van der Waals surface area contributed by atoms with E-state index in [9.17, 15) is 4.39 Å². The number of pyridine rings is 1. The molecule has 0 radical (unpaired) electrons. The molecule has 0 spiro atoms. The Kier molecular flexibility index (Phi) is 3.92. The molecule has 0 saturated heterocycles. The summed E-state index contributed by atoms with van der Waals surface area (Å²) in [6, 6.07) is 13.0. The Bertz CT molecular complexity index is 1030. The second kappa shape index (κ2) is 6.26. The van der Waals surface area contributed by atoms with Gasteiger partial charge in [0.15, 0.2) is 5.82 Å². The fourth-order valence-electron chi connectivity index (χ4n) is 3.27. The van der Waals surface area contributed by atoms with Crippen molar-refractivity contribution in [3.8, 4) is 16.9 Å². The highest BCUT2D eigenvalue weighted by molar-refractivity contribution is 5.85. The van der Waals surface area contributed by atoms with Gasteiger partial charge >= 0.3 is 0 Å². The van der Waals surface area contributed by atoms with Crippen LogP contribution in [0.5, 0.6) is 5.75 Å². The van der Waals surface area contributed by atoms with Gasteiger partial charge in [-0.15, -0.1) is 0 Å². The predicted molar refractivity (Wildman–Crippen MR) is 102 cm³/mol. The quantitative estimate of drug-likeness (QED) is 0.703. The van der Waals surface area contributed by atoms with E-state index in [4.69, 9.17) is 10.5 Å². The summed E-state index contributed by atoms with van der Waals surface area (Å²) in [5.41, 5.74) is 11.0. The second-order valence-electron chi connectivity index (χ2n) is 6.36. The molecule has 2 N–H and O–H groups in total. The molecule has 0 amide bonds. The number of rotatable bonds is 3. The van der Waals surface area contributed by atoms with Crippen LogP contribution in [0.3, 0.4) is 0 Å². The maximum absolute atomic E-state index is 13.9. The number of hydrogen-bond acceptors (Lipinski definition) is 4. The zero-order valence-electron chi connectivity index (χ0n) is 14.5. The third kappa shape index (κ3) is 2.71. The Hall–Kier alpha value is -3.21. The van der Waals surface area contributed by atoms with Crippen molar-refractivity contribution >= 4 is 17.7 Å². The molecule has 5 heteroatoms. The molecular weight excluding hydrogens is 329 g/mol. The Balaban J connectivity index is 1.82. The largest absolute Gasteiger partial charge is 0.496 e. The molecule has 0 bridgehead atoms. The SMILES string of the molecule is COc1cc(F)c(C)cc1C1C=Nc2ncc(-c3cccc(N)c3)cc21. The van der Waals surface area contributed by atoms with Crippen molar-refractivity contribution in [2.24, 2.45) is 4.99 Å². The van der Waals surface area contributed by atoms with E-state index in [2.05, 4.69) is 16.0 Å². The van der Waals surface area contributed by atoms with Gasteiger partial charge in [-0.2, -0.15) is 0 Å². The molecule has 0 fully saturated rings. The number of aryl methyl sites for hydroxylation is 1. The van der Waals surface area contributed by atoms with Crippen LogP contribution in [-0.4, -0.2) is 18.3 Å². The van der Waals surface area contributed by atoms with E-state index < -0.39 is 0 Å². The number of hydrogen-bond donors (Lipinski definition) is 1. The molecule has 1 aromatic heterocycles. The number of methoxy groups -OCH3 is 1. The van der Waals surface area contributed by atoms with Gasteiger partial charge in [-0.3, -0.25) is 0 Å². The summed E-state index contributed by atoms with van der Waals surface area (Å²) < 4.78 is 19.3. The topological polar surface area (TPSA) is 60.5 Å². The molecule has 0 aliphatic carbocycles. The van der Waals surface area contributed by atoms with Gasteiger partial charge in [-0.1, -0.05) is 12.1 Å². The van der Waals surface area contributed by atoms with Gasteiger partial charge in [0.25, 0.3) is 0 Å². The zero-order valence-corrected chi connectivity index (χ0v) is 14.5. The minimum atomic E-state index is -0.285. The maximum atomic E-state index is 13.9. The molecule has 2 aromatic carbocycles. The summed E-state index contributed by atoms with van der Waals surface area (Å²) in [6.45, 7) is 1.74. The number of halogens is 1. The molecule has 1 unspecified atom stereocenters. The van der Waals surface area contributed by atoms with Crippen molar-refractivity contribution in [1.82, 2.24) is 4.98 Å². The molecule has 1 atom stereocenters. The summed E-state index contributed by atoms with van der Waals surface area (Å²) in [6.07, 6.45) is 3.62. The molecule has 1 aliphatic rings. The average molecular weight is 347 g/mol. The van der Waals surface area contributed by atoms with E-state index in [1.165, 1.54) is 6.07 Å². The van der Waals surface area contributed by atoms with Crippen molar-refractivity contribution in [1.29, 1.82) is 0 Å². The van der Waals surface area contributed by atoms with Gasteiger partial charge in [0, 0.05) is 40.9 Å². The zero-order chi connectivity index (χ0) is 18.3. The predicted octanol–water partition coefficient (Wildman–Crippen LogP) is 4.63. The Morgan fingerprint density at radius 2 is 1.92 bits per heavy atom. The van der Waals surface area contributed by atoms with Crippen molar-refractivity contribution in [2.45, 2.75) is 12.8 Å². The highest BCUT2D eigenvalue weighted by Gasteiger charge is 2.26. The molecule has 1 aliphatic heterocycles. The normalized spacial score (nSPS) is 15.1. The first kappa shape index (κ1) is 16.3. The lowest BCUT2D eigenvalue weighted by molar-refractivity contribution is 0.406. The van der Waals surface area contributed by atoms with Gasteiger partial charge in [0.2, 0.25) is 0 Å². The average Bonchev–Trinajstić information content (AvgIpc) is 3.06. The second-order valence-corrected chi connectivity index (χ2v) is 6.36. The van der Waals surface area contributed by atoms with Crippen LogP contribution in [0.25, 0.3) is 11.1 Å². The van der Waals surface area contributed by atoms with Crippen LogP contribution in [0.1, 0.15) is 22.6 Å². The molecule has 2 heterocycles. The number of benzene rings is 2. The number of ether oxygens (including phenoxy) is 1. The lowest BCUT2D eigenvalue weighted by atomic mass is 9.91. The van der Waals surface area contributed by atoms with Gasteiger partial charge in [0.1, 0.15) is 11.6 Å². The van der Waals surface area contributed by atoms with E-state index in [1.807, 2.05) is 36.5 Å². The van der Waals surface area contributed by atoms with Crippen LogP contribution in [0.4, 0.5) is 15.9 Å². The number of aliphatic imine (C=N–C) groups is 1. The van der Waals surface area contributed by atoms with Crippen LogP contribution < -0.4 is 10.5 Å². The molecule has 130 valence electrons. The number of nitrogens with two attached hydrogens (primary N) is 1. The minimum Gasteiger partial charge on any atom is -0.496 e. The Labute approximate surface area is 151 Å². The maximum Gasteiger partial charge on any atom is 0.155 e. The lowest BCUT2D eigenvalue weighted by Gasteiger charge is -2.16. The number of aromatic nitrogens is 1. The first-order chi connectivity index (χ1) is 12.6. The summed E-state index contributed by atoms with van der Waals surface area (Å²) in [7, 11) is 1.54. The van der Waals surface area contributed by atoms with E-state index >= 15 is 0 Å². The van der Waals surface area contributed by atoms with Crippen molar-refractivity contribution < 1.29 is 9.13 Å². The van der Waals surface area contributed by atoms with Crippen LogP contribution in [-0.2, 0) is 0 Å². The molecule has 26 heavy (non-hydrogen) atoms. The van der Waals surface area contributed by atoms with Crippen LogP contribution >= 0.6 is 0 Å². The van der Waals surface area contributed by atoms with Gasteiger partial charge in [0.05, 0.1) is 13.0 Å².